The van der Waals surface area contributed by atoms with Gasteiger partial charge in [-0.3, -0.25) is 4.79 Å². The first-order chi connectivity index (χ1) is 8.37. The van der Waals surface area contributed by atoms with Crippen LogP contribution in [0, 0.1) is 5.41 Å². The van der Waals surface area contributed by atoms with E-state index in [1.165, 1.54) is 10.6 Å². The molecule has 0 aromatic rings. The molecule has 1 spiro atoms. The van der Waals surface area contributed by atoms with E-state index in [2.05, 4.69) is 15.9 Å². The molecule has 1 unspecified atom stereocenters. The van der Waals surface area contributed by atoms with E-state index in [1.807, 2.05) is 0 Å². The second kappa shape index (κ2) is 5.09. The van der Waals surface area contributed by atoms with E-state index in [-0.39, 0.29) is 12.1 Å². The van der Waals surface area contributed by atoms with Gasteiger partial charge in [-0.15, -0.1) is 0 Å². The number of sulfonamides is 1. The van der Waals surface area contributed by atoms with E-state index in [1.54, 1.807) is 0 Å². The lowest BCUT2D eigenvalue weighted by Crippen LogP contribution is -2.44. The summed E-state index contributed by atoms with van der Waals surface area (Å²) < 4.78 is 29.7. The monoisotopic (exact) mass is 339 g/mol. The maximum Gasteiger partial charge on any atom is 0.312 e. The molecule has 0 aliphatic carbocycles. The van der Waals surface area contributed by atoms with Gasteiger partial charge in [-0.1, -0.05) is 15.9 Å². The Bertz CT molecular complexity index is 428. The molecule has 0 aromatic heterocycles. The van der Waals surface area contributed by atoms with Gasteiger partial charge in [0.2, 0.25) is 10.0 Å². The zero-order chi connectivity index (χ0) is 13.4. The number of carbonyl (C=O) groups is 1. The van der Waals surface area contributed by atoms with Gasteiger partial charge in [-0.25, -0.2) is 12.7 Å². The molecule has 104 valence electrons. The van der Waals surface area contributed by atoms with Gasteiger partial charge in [-0.05, 0) is 19.3 Å². The summed E-state index contributed by atoms with van der Waals surface area (Å²) in [6, 6.07) is 0. The highest BCUT2D eigenvalue weighted by Gasteiger charge is 2.50. The van der Waals surface area contributed by atoms with Crippen LogP contribution in [0.15, 0.2) is 0 Å². The Morgan fingerprint density at radius 3 is 2.56 bits per heavy atom. The number of piperidine rings is 1. The van der Waals surface area contributed by atoms with Crippen molar-refractivity contribution >= 4 is 31.9 Å². The average molecular weight is 340 g/mol. The third kappa shape index (κ3) is 2.72. The quantitative estimate of drug-likeness (QED) is 0.571. The van der Waals surface area contributed by atoms with Crippen LogP contribution in [-0.2, 0) is 19.6 Å². The average Bonchev–Trinajstić information content (AvgIpc) is 2.55. The molecule has 7 heteroatoms. The molecule has 0 N–H and O–H groups in total. The zero-order valence-corrected chi connectivity index (χ0v) is 12.8. The van der Waals surface area contributed by atoms with Crippen molar-refractivity contribution in [2.45, 2.75) is 31.8 Å². The molecule has 0 bridgehead atoms. The fourth-order valence-corrected chi connectivity index (χ4v) is 4.13. The van der Waals surface area contributed by atoms with Crippen molar-refractivity contribution in [3.05, 3.63) is 0 Å². The molecule has 18 heavy (non-hydrogen) atoms. The Labute approximate surface area is 116 Å². The predicted molar refractivity (Wildman–Crippen MR) is 71.0 cm³/mol. The van der Waals surface area contributed by atoms with Gasteiger partial charge in [0.05, 0.1) is 11.7 Å². The number of ether oxygens (including phenoxy) is 1. The number of esters is 1. The first-order valence-corrected chi connectivity index (χ1v) is 9.06. The molecule has 2 heterocycles. The minimum Gasteiger partial charge on any atom is -0.462 e. The standard InChI is InChI=1S/C11H18BrNO4S/c1-18(15,16)13-6-3-11(4-7-13)8-9(2-5-12)17-10(11)14/h9H,2-8H2,1H3. The number of cyclic esters (lactones) is 1. The highest BCUT2D eigenvalue weighted by Crippen LogP contribution is 2.44. The highest BCUT2D eigenvalue weighted by molar-refractivity contribution is 9.09. The number of nitrogens with zero attached hydrogens (tertiary/aromatic N) is 1. The van der Waals surface area contributed by atoms with Crippen LogP contribution < -0.4 is 0 Å². The summed E-state index contributed by atoms with van der Waals surface area (Å²) in [6.07, 6.45) is 3.92. The van der Waals surface area contributed by atoms with Gasteiger partial charge >= 0.3 is 5.97 Å². The zero-order valence-electron chi connectivity index (χ0n) is 10.4. The van der Waals surface area contributed by atoms with Crippen LogP contribution >= 0.6 is 15.9 Å². The number of alkyl halides is 1. The van der Waals surface area contributed by atoms with Crippen LogP contribution in [-0.4, -0.2) is 49.5 Å². The highest BCUT2D eigenvalue weighted by atomic mass is 79.9. The predicted octanol–water partition coefficient (Wildman–Crippen LogP) is 1.13. The normalized spacial score (nSPS) is 28.6. The molecular weight excluding hydrogens is 322 g/mol. The molecule has 0 saturated carbocycles. The lowest BCUT2D eigenvalue weighted by molar-refractivity contribution is -0.150. The fraction of sp³-hybridized carbons (Fsp3) is 0.909. The first kappa shape index (κ1) is 14.3. The largest absolute Gasteiger partial charge is 0.462 e. The second-order valence-electron chi connectivity index (χ2n) is 5.15. The van der Waals surface area contributed by atoms with Crippen LogP contribution in [0.3, 0.4) is 0 Å². The number of halogens is 1. The molecule has 2 fully saturated rings. The van der Waals surface area contributed by atoms with Crippen molar-refractivity contribution in [2.24, 2.45) is 5.41 Å². The smallest absolute Gasteiger partial charge is 0.312 e. The van der Waals surface area contributed by atoms with Gasteiger partial charge in [-0.2, -0.15) is 0 Å². The van der Waals surface area contributed by atoms with Crippen LogP contribution in [0.2, 0.25) is 0 Å². The summed E-state index contributed by atoms with van der Waals surface area (Å²) in [5.74, 6) is -0.137. The van der Waals surface area contributed by atoms with Crippen LogP contribution in [0.25, 0.3) is 0 Å². The second-order valence-corrected chi connectivity index (χ2v) is 7.93. The molecule has 5 nitrogen and oxygen atoms in total. The van der Waals surface area contributed by atoms with Crippen molar-refractivity contribution < 1.29 is 17.9 Å². The maximum atomic E-state index is 12.0. The molecule has 0 aromatic carbocycles. The van der Waals surface area contributed by atoms with E-state index in [9.17, 15) is 13.2 Å². The number of hydrogen-bond donors (Lipinski definition) is 0. The van der Waals surface area contributed by atoms with Crippen molar-refractivity contribution in [1.29, 1.82) is 0 Å². The fourth-order valence-electron chi connectivity index (χ4n) is 2.77. The Morgan fingerprint density at radius 1 is 1.44 bits per heavy atom. The lowest BCUT2D eigenvalue weighted by Gasteiger charge is -2.35. The summed E-state index contributed by atoms with van der Waals surface area (Å²) in [4.78, 5) is 12.0. The Kier molecular flexibility index (Phi) is 4.04. The van der Waals surface area contributed by atoms with Crippen molar-refractivity contribution in [2.75, 3.05) is 24.7 Å². The Balaban J connectivity index is 2.02. The summed E-state index contributed by atoms with van der Waals surface area (Å²) in [7, 11) is -3.14. The third-order valence-corrected chi connectivity index (χ3v) is 5.67. The van der Waals surface area contributed by atoms with Gasteiger partial charge in [0, 0.05) is 24.8 Å². The number of rotatable bonds is 3. The van der Waals surface area contributed by atoms with E-state index < -0.39 is 15.4 Å². The van der Waals surface area contributed by atoms with Crippen molar-refractivity contribution in [1.82, 2.24) is 4.31 Å². The van der Waals surface area contributed by atoms with Crippen molar-refractivity contribution in [3.63, 3.8) is 0 Å². The van der Waals surface area contributed by atoms with Crippen LogP contribution in [0.1, 0.15) is 25.7 Å². The van der Waals surface area contributed by atoms with E-state index in [0.717, 1.165) is 18.2 Å². The minimum atomic E-state index is -3.14. The maximum absolute atomic E-state index is 12.0. The van der Waals surface area contributed by atoms with Gasteiger partial charge < -0.3 is 4.74 Å². The topological polar surface area (TPSA) is 63.7 Å². The molecule has 2 rings (SSSR count). The molecule has 1 atom stereocenters. The van der Waals surface area contributed by atoms with Crippen LogP contribution in [0.4, 0.5) is 0 Å². The van der Waals surface area contributed by atoms with E-state index >= 15 is 0 Å². The lowest BCUT2D eigenvalue weighted by atomic mass is 9.76. The molecule has 2 aliphatic heterocycles. The summed E-state index contributed by atoms with van der Waals surface area (Å²) in [5.41, 5.74) is -0.436. The molecule has 0 radical (unpaired) electrons. The first-order valence-electron chi connectivity index (χ1n) is 6.09. The summed E-state index contributed by atoms with van der Waals surface area (Å²) in [6.45, 7) is 0.851. The van der Waals surface area contributed by atoms with Crippen molar-refractivity contribution in [3.8, 4) is 0 Å². The Hall–Kier alpha value is -0.140. The molecular formula is C11H18BrNO4S. The van der Waals surface area contributed by atoms with Crippen LogP contribution in [0.5, 0.6) is 0 Å². The van der Waals surface area contributed by atoms with E-state index in [4.69, 9.17) is 4.74 Å². The SMILES string of the molecule is CS(=O)(=O)N1CCC2(CC1)CC(CCBr)OC2=O. The number of hydrogen-bond acceptors (Lipinski definition) is 4. The molecule has 2 aliphatic rings. The van der Waals surface area contributed by atoms with Gasteiger partial charge in [0.1, 0.15) is 6.10 Å². The van der Waals surface area contributed by atoms with E-state index in [0.29, 0.717) is 25.9 Å². The molecule has 2 saturated heterocycles. The summed E-state index contributed by atoms with van der Waals surface area (Å²) >= 11 is 3.35. The Morgan fingerprint density at radius 2 is 2.06 bits per heavy atom. The molecule has 0 amide bonds. The number of carbonyl (C=O) groups excluding carboxylic acids is 1. The minimum absolute atomic E-state index is 0.0124. The van der Waals surface area contributed by atoms with Gasteiger partial charge in [0.15, 0.2) is 0 Å². The third-order valence-electron chi connectivity index (χ3n) is 3.90. The summed E-state index contributed by atoms with van der Waals surface area (Å²) in [5, 5.41) is 0.816. The van der Waals surface area contributed by atoms with Gasteiger partial charge in [0.25, 0.3) is 0 Å².